The fourth-order valence-corrected chi connectivity index (χ4v) is 7.28. The molecule has 0 saturated carbocycles. The molecule has 7 rings (SSSR count). The van der Waals surface area contributed by atoms with E-state index in [1.165, 1.54) is 36.9 Å². The highest BCUT2D eigenvalue weighted by molar-refractivity contribution is 5.91. The Bertz CT molecular complexity index is 1990. The fraction of sp³-hybridized carbons (Fsp3) is 0.267. The number of para-hydroxylation sites is 1. The van der Waals surface area contributed by atoms with Crippen molar-refractivity contribution in [1.82, 2.24) is 0 Å². The van der Waals surface area contributed by atoms with E-state index in [1.54, 1.807) is 0 Å². The number of hydrogen-bond donors (Lipinski definition) is 0. The Labute approximate surface area is 296 Å². The molecule has 2 aliphatic rings. The third-order valence-electron chi connectivity index (χ3n) is 10.3. The summed E-state index contributed by atoms with van der Waals surface area (Å²) in [4.78, 5) is 15.2. The smallest absolute Gasteiger partial charge is 0.343 e. The van der Waals surface area contributed by atoms with Crippen LogP contribution < -0.4 is 19.1 Å². The second-order valence-corrected chi connectivity index (χ2v) is 13.9. The van der Waals surface area contributed by atoms with Gasteiger partial charge in [-0.3, -0.25) is 0 Å². The second kappa shape index (κ2) is 13.9. The first kappa shape index (κ1) is 33.2. The minimum Gasteiger partial charge on any atom is -0.494 e. The summed E-state index contributed by atoms with van der Waals surface area (Å²) in [5.41, 5.74) is 7.34. The van der Waals surface area contributed by atoms with E-state index in [0.717, 1.165) is 52.3 Å². The van der Waals surface area contributed by atoms with E-state index in [4.69, 9.17) is 14.2 Å². The predicted octanol–water partition coefficient (Wildman–Crippen LogP) is 11.1. The van der Waals surface area contributed by atoms with Crippen molar-refractivity contribution in [2.24, 2.45) is 0 Å². The molecule has 0 amide bonds. The molecule has 254 valence electrons. The molecule has 5 aromatic carbocycles. The summed E-state index contributed by atoms with van der Waals surface area (Å²) in [6.45, 7) is 7.47. The molecule has 0 aliphatic carbocycles. The van der Waals surface area contributed by atoms with Crippen LogP contribution >= 0.6 is 0 Å². The maximum absolute atomic E-state index is 13.0. The van der Waals surface area contributed by atoms with Crippen molar-refractivity contribution in [1.29, 1.82) is 0 Å². The summed E-state index contributed by atoms with van der Waals surface area (Å²) < 4.78 is 18.5. The number of benzene rings is 5. The van der Waals surface area contributed by atoms with Crippen molar-refractivity contribution >= 4 is 17.7 Å². The van der Waals surface area contributed by atoms with E-state index in [9.17, 15) is 4.79 Å². The van der Waals surface area contributed by atoms with Crippen molar-refractivity contribution < 1.29 is 19.0 Å². The van der Waals surface area contributed by atoms with E-state index in [2.05, 4.69) is 99.5 Å². The molecule has 1 spiro atoms. The van der Waals surface area contributed by atoms with E-state index >= 15 is 0 Å². The van der Waals surface area contributed by atoms with Crippen molar-refractivity contribution in [2.75, 3.05) is 18.6 Å². The number of hydrogen-bond acceptors (Lipinski definition) is 5. The van der Waals surface area contributed by atoms with Gasteiger partial charge in [0.25, 0.3) is 0 Å². The van der Waals surface area contributed by atoms with Crippen LogP contribution in [-0.4, -0.2) is 25.3 Å². The maximum Gasteiger partial charge on any atom is 0.343 e. The number of unbranched alkanes of at least 4 members (excludes halogenated alkanes) is 4. The van der Waals surface area contributed by atoms with Gasteiger partial charge in [-0.25, -0.2) is 4.79 Å². The summed E-state index contributed by atoms with van der Waals surface area (Å²) in [5, 5.41) is 0. The lowest BCUT2D eigenvalue weighted by atomic mass is 9.76. The monoisotopic (exact) mass is 663 g/mol. The summed E-state index contributed by atoms with van der Waals surface area (Å²) in [6.07, 6.45) is 10.5. The number of fused-ring (bicyclic) bond motifs is 2. The molecule has 0 N–H and O–H groups in total. The van der Waals surface area contributed by atoms with Crippen LogP contribution in [0.4, 0.5) is 5.69 Å². The zero-order valence-electron chi connectivity index (χ0n) is 29.4. The normalized spacial score (nSPS) is 16.8. The summed E-state index contributed by atoms with van der Waals surface area (Å²) in [5.74, 6) is 1.85. The van der Waals surface area contributed by atoms with Crippen LogP contribution in [0.1, 0.15) is 74.4 Å². The Hall–Kier alpha value is -5.29. The van der Waals surface area contributed by atoms with Crippen LogP contribution in [0.3, 0.4) is 0 Å². The Morgan fingerprint density at radius 2 is 1.34 bits per heavy atom. The molecule has 5 heteroatoms. The highest BCUT2D eigenvalue weighted by atomic mass is 16.5. The van der Waals surface area contributed by atoms with E-state index < -0.39 is 5.72 Å². The Balaban J connectivity index is 0.962. The van der Waals surface area contributed by atoms with Crippen LogP contribution in [0, 0.1) is 0 Å². The van der Waals surface area contributed by atoms with Gasteiger partial charge in [0.15, 0.2) is 0 Å². The minimum absolute atomic E-state index is 0.241. The summed E-state index contributed by atoms with van der Waals surface area (Å²) >= 11 is 0. The number of nitrogens with zero attached hydrogens (tertiary/aromatic N) is 1. The van der Waals surface area contributed by atoms with Crippen molar-refractivity contribution in [3.05, 3.63) is 138 Å². The Kier molecular flexibility index (Phi) is 9.24. The number of ether oxygens (including phenoxy) is 3. The van der Waals surface area contributed by atoms with Crippen LogP contribution in [0.15, 0.2) is 121 Å². The average molecular weight is 664 g/mol. The number of esters is 1. The van der Waals surface area contributed by atoms with Crippen molar-refractivity contribution in [3.8, 4) is 39.5 Å². The van der Waals surface area contributed by atoms with Gasteiger partial charge in [0.05, 0.1) is 17.6 Å². The molecule has 50 heavy (non-hydrogen) atoms. The molecular formula is C45H45NO4. The highest BCUT2D eigenvalue weighted by Crippen LogP contribution is 2.54. The van der Waals surface area contributed by atoms with E-state index in [-0.39, 0.29) is 11.4 Å². The molecule has 5 nitrogen and oxygen atoms in total. The lowest BCUT2D eigenvalue weighted by molar-refractivity contribution is 0.0582. The number of rotatable bonds is 11. The quantitative estimate of drug-likeness (QED) is 0.0800. The van der Waals surface area contributed by atoms with Gasteiger partial charge in [0, 0.05) is 18.3 Å². The molecule has 5 aromatic rings. The van der Waals surface area contributed by atoms with Gasteiger partial charge in [0.1, 0.15) is 17.2 Å². The second-order valence-electron chi connectivity index (χ2n) is 13.9. The molecule has 0 radical (unpaired) electrons. The predicted molar refractivity (Wildman–Crippen MR) is 203 cm³/mol. The van der Waals surface area contributed by atoms with Gasteiger partial charge in [0.2, 0.25) is 5.72 Å². The van der Waals surface area contributed by atoms with Crippen molar-refractivity contribution in [3.63, 3.8) is 0 Å². The topological polar surface area (TPSA) is 48.0 Å². The molecule has 0 unspecified atom stereocenters. The van der Waals surface area contributed by atoms with Crippen LogP contribution in [0.25, 0.3) is 28.3 Å². The van der Waals surface area contributed by atoms with Crippen molar-refractivity contribution in [2.45, 2.75) is 64.0 Å². The zero-order chi connectivity index (χ0) is 34.7. The Morgan fingerprint density at radius 3 is 2.04 bits per heavy atom. The Morgan fingerprint density at radius 1 is 0.720 bits per heavy atom. The third-order valence-corrected chi connectivity index (χ3v) is 10.3. The standard InChI is InChI=1S/C45H45NO4/c1-5-6-7-8-11-30-48-38-23-18-33(19-24-38)32-14-16-35(17-15-32)43(47)49-39-25-20-34(21-26-39)36-22-27-42-37(31-36)28-29-45(50-42)44(2,3)40-12-9-10-13-41(40)46(45)4/h9-10,12-29,31H,5-8,11,30H2,1-4H3/t45-/m1/s1. The van der Waals surface area contributed by atoms with Gasteiger partial charge >= 0.3 is 5.97 Å². The molecule has 0 bridgehead atoms. The van der Waals surface area contributed by atoms with Gasteiger partial charge < -0.3 is 19.1 Å². The number of carbonyl (C=O) groups excluding carboxylic acids is 1. The molecule has 2 heterocycles. The number of anilines is 1. The molecular weight excluding hydrogens is 618 g/mol. The van der Waals surface area contributed by atoms with E-state index in [0.29, 0.717) is 11.3 Å². The van der Waals surface area contributed by atoms with Crippen LogP contribution in [-0.2, 0) is 5.41 Å². The third kappa shape index (κ3) is 6.29. The van der Waals surface area contributed by atoms with Crippen LogP contribution in [0.5, 0.6) is 17.2 Å². The molecule has 2 aliphatic heterocycles. The highest BCUT2D eigenvalue weighted by Gasteiger charge is 2.57. The minimum atomic E-state index is -0.606. The summed E-state index contributed by atoms with van der Waals surface area (Å²) in [7, 11) is 2.10. The van der Waals surface area contributed by atoms with E-state index in [1.807, 2.05) is 60.7 Å². The lowest BCUT2D eigenvalue weighted by Crippen LogP contribution is -2.58. The SMILES string of the molecule is CCCCCCCOc1ccc(-c2ccc(C(=O)Oc3ccc(-c4ccc5c(c4)C=C[C@]4(O5)N(C)c5ccccc5C4(C)C)cc3)cc2)cc1. The maximum atomic E-state index is 13.0. The lowest BCUT2D eigenvalue weighted by Gasteiger charge is -2.45. The van der Waals surface area contributed by atoms with Gasteiger partial charge in [-0.2, -0.15) is 0 Å². The first-order valence-corrected chi connectivity index (χ1v) is 17.8. The van der Waals surface area contributed by atoms with Gasteiger partial charge in [-0.05, 0) is 115 Å². The summed E-state index contributed by atoms with van der Waals surface area (Å²) in [6, 6.07) is 38.1. The molecule has 0 saturated heterocycles. The van der Waals surface area contributed by atoms with Crippen LogP contribution in [0.2, 0.25) is 0 Å². The molecule has 0 aromatic heterocycles. The fourth-order valence-electron chi connectivity index (χ4n) is 7.28. The molecule has 0 fully saturated rings. The van der Waals surface area contributed by atoms with Gasteiger partial charge in [-0.1, -0.05) is 93.3 Å². The molecule has 1 atom stereocenters. The largest absolute Gasteiger partial charge is 0.494 e. The first-order valence-electron chi connectivity index (χ1n) is 17.8. The average Bonchev–Trinajstić information content (AvgIpc) is 3.31. The number of carbonyl (C=O) groups is 1. The number of likely N-dealkylation sites (N-methyl/N-ethyl adjacent to an activating group) is 1. The van der Waals surface area contributed by atoms with Gasteiger partial charge in [-0.15, -0.1) is 0 Å². The first-order chi connectivity index (χ1) is 24.3. The zero-order valence-corrected chi connectivity index (χ0v) is 29.4.